The number of pyridine rings is 1. The Hall–Kier alpha value is -2.14. The number of nitrogens with zero attached hydrogens (tertiary/aromatic N) is 1. The zero-order chi connectivity index (χ0) is 15.2. The molecule has 0 amide bonds. The average molecular weight is 294 g/mol. The molecule has 0 radical (unpaired) electrons. The highest BCUT2D eigenvalue weighted by Crippen LogP contribution is 2.11. The fourth-order valence-electron chi connectivity index (χ4n) is 1.43. The topological polar surface area (TPSA) is 107 Å². The van der Waals surface area contributed by atoms with Crippen molar-refractivity contribution < 1.29 is 22.8 Å². The maximum absolute atomic E-state index is 9.08. The van der Waals surface area contributed by atoms with Crippen molar-refractivity contribution in [2.24, 2.45) is 0 Å². The van der Waals surface area contributed by atoms with Gasteiger partial charge in [0, 0.05) is 23.6 Å². The van der Waals surface area contributed by atoms with Crippen molar-refractivity contribution in [3.63, 3.8) is 0 Å². The monoisotopic (exact) mass is 294 g/mol. The minimum Gasteiger partial charge on any atom is -0.748 e. The molecule has 2 rings (SSSR count). The molecule has 0 atom stereocenters. The van der Waals surface area contributed by atoms with Crippen molar-refractivity contribution in [3.05, 3.63) is 42.2 Å². The Morgan fingerprint density at radius 2 is 1.90 bits per heavy atom. The van der Waals surface area contributed by atoms with Gasteiger partial charge in [-0.1, -0.05) is 28.8 Å². The second-order valence-electron chi connectivity index (χ2n) is 3.86. The zero-order valence-electron chi connectivity index (χ0n) is 10.8. The van der Waals surface area contributed by atoms with E-state index >= 15 is 0 Å². The zero-order valence-corrected chi connectivity index (χ0v) is 11.6. The van der Waals surface area contributed by atoms with Crippen LogP contribution >= 0.6 is 0 Å². The molecule has 0 bridgehead atoms. The first-order valence-corrected chi connectivity index (χ1v) is 7.33. The maximum Gasteiger partial charge on any atom is 0.286 e. The summed E-state index contributed by atoms with van der Waals surface area (Å²) in [5, 5.41) is 10.8. The second-order valence-corrected chi connectivity index (χ2v) is 5.27. The number of nitrogen functional groups attached to an aromatic ring is 1. The Balaban J connectivity index is 0.000000347. The van der Waals surface area contributed by atoms with Crippen LogP contribution in [0.4, 0.5) is 0 Å². The van der Waals surface area contributed by atoms with Crippen LogP contribution in [0.2, 0.25) is 0 Å². The van der Waals surface area contributed by atoms with Gasteiger partial charge >= 0.3 is 0 Å². The molecule has 0 spiro atoms. The molecule has 0 unspecified atom stereocenters. The summed E-state index contributed by atoms with van der Waals surface area (Å²) in [5.74, 6) is 11.1. The van der Waals surface area contributed by atoms with E-state index < -0.39 is 10.1 Å². The van der Waals surface area contributed by atoms with Gasteiger partial charge in [-0.05, 0) is 11.5 Å². The first-order chi connectivity index (χ1) is 9.31. The lowest BCUT2D eigenvalue weighted by molar-refractivity contribution is -0.640. The molecule has 0 saturated heterocycles. The lowest BCUT2D eigenvalue weighted by atomic mass is 10.1. The summed E-state index contributed by atoms with van der Waals surface area (Å²) in [6.07, 6.45) is 2.42. The van der Waals surface area contributed by atoms with E-state index in [0.717, 1.165) is 10.8 Å². The van der Waals surface area contributed by atoms with Crippen LogP contribution in [-0.4, -0.2) is 30.9 Å². The Labute approximate surface area is 117 Å². The number of rotatable bonds is 0. The summed E-state index contributed by atoms with van der Waals surface area (Å²) in [6.45, 7) is -0.160. The van der Waals surface area contributed by atoms with Crippen LogP contribution < -0.4 is 10.5 Å². The van der Waals surface area contributed by atoms with E-state index in [1.165, 1.54) is 4.68 Å². The van der Waals surface area contributed by atoms with Crippen LogP contribution in [0, 0.1) is 11.8 Å². The molecule has 0 aliphatic heterocycles. The van der Waals surface area contributed by atoms with Gasteiger partial charge < -0.3 is 9.66 Å². The number of aliphatic hydroxyl groups excluding tert-OH is 1. The summed E-state index contributed by atoms with van der Waals surface area (Å²) in [4.78, 5) is 0. The number of hydrogen-bond acceptors (Lipinski definition) is 5. The van der Waals surface area contributed by atoms with Crippen molar-refractivity contribution in [1.29, 1.82) is 0 Å². The third-order valence-electron chi connectivity index (χ3n) is 2.14. The molecule has 1 aromatic heterocycles. The highest BCUT2D eigenvalue weighted by Gasteiger charge is 2.06. The van der Waals surface area contributed by atoms with Crippen molar-refractivity contribution in [1.82, 2.24) is 0 Å². The largest absolute Gasteiger partial charge is 0.748 e. The predicted octanol–water partition coefficient (Wildman–Crippen LogP) is -0.654. The van der Waals surface area contributed by atoms with Crippen molar-refractivity contribution in [3.8, 4) is 11.8 Å². The Kier molecular flexibility index (Phi) is 5.46. The van der Waals surface area contributed by atoms with Gasteiger partial charge in [0.1, 0.15) is 6.61 Å². The SMILES string of the molecule is CS(=O)(=O)[O-].N[n+]1cc2ccccc2cc1C#CCO. The Bertz CT molecular complexity index is 753. The highest BCUT2D eigenvalue weighted by molar-refractivity contribution is 7.84. The minimum absolute atomic E-state index is 0.160. The number of aliphatic hydroxyl groups is 1. The average Bonchev–Trinajstić information content (AvgIpc) is 2.34. The fourth-order valence-corrected chi connectivity index (χ4v) is 1.43. The first-order valence-electron chi connectivity index (χ1n) is 5.51. The number of hydrogen-bond donors (Lipinski definition) is 2. The highest BCUT2D eigenvalue weighted by atomic mass is 32.2. The summed E-state index contributed by atoms with van der Waals surface area (Å²) < 4.78 is 28.7. The van der Waals surface area contributed by atoms with Gasteiger partial charge in [-0.3, -0.25) is 0 Å². The lowest BCUT2D eigenvalue weighted by Crippen LogP contribution is -2.47. The third kappa shape index (κ3) is 5.67. The number of benzene rings is 1. The molecule has 0 aliphatic rings. The molecule has 2 aromatic rings. The van der Waals surface area contributed by atoms with Gasteiger partial charge in [0.2, 0.25) is 6.20 Å². The maximum atomic E-state index is 9.08. The molecule has 7 heteroatoms. The normalized spacial score (nSPS) is 10.2. The van der Waals surface area contributed by atoms with Crippen molar-refractivity contribution >= 4 is 20.9 Å². The van der Waals surface area contributed by atoms with Crippen molar-refractivity contribution in [2.45, 2.75) is 0 Å². The smallest absolute Gasteiger partial charge is 0.286 e. The summed E-state index contributed by atoms with van der Waals surface area (Å²) in [5.41, 5.74) is 0.683. The molecule has 0 fully saturated rings. The van der Waals surface area contributed by atoms with Gasteiger partial charge in [-0.25, -0.2) is 14.3 Å². The molecule has 106 valence electrons. The molecule has 1 heterocycles. The van der Waals surface area contributed by atoms with Gasteiger partial charge in [0.25, 0.3) is 5.69 Å². The molecule has 0 saturated carbocycles. The predicted molar refractivity (Wildman–Crippen MR) is 73.9 cm³/mol. The first kappa shape index (κ1) is 15.9. The van der Waals surface area contributed by atoms with E-state index in [4.69, 9.17) is 23.9 Å². The van der Waals surface area contributed by atoms with Gasteiger partial charge in [0.05, 0.1) is 10.1 Å². The van der Waals surface area contributed by atoms with Crippen LogP contribution in [0.15, 0.2) is 36.5 Å². The summed E-state index contributed by atoms with van der Waals surface area (Å²) >= 11 is 0. The van der Waals surface area contributed by atoms with E-state index in [1.807, 2.05) is 36.5 Å². The molecule has 1 aromatic carbocycles. The molecular formula is C13H14N2O4S. The molecule has 0 aliphatic carbocycles. The number of nitrogens with two attached hydrogens (primary N) is 1. The molecule has 20 heavy (non-hydrogen) atoms. The van der Waals surface area contributed by atoms with Crippen LogP contribution in [0.1, 0.15) is 5.69 Å². The fraction of sp³-hybridized carbons (Fsp3) is 0.154. The van der Waals surface area contributed by atoms with Crippen LogP contribution in [0.5, 0.6) is 0 Å². The van der Waals surface area contributed by atoms with E-state index in [-0.39, 0.29) is 6.61 Å². The van der Waals surface area contributed by atoms with E-state index in [0.29, 0.717) is 11.9 Å². The van der Waals surface area contributed by atoms with Gasteiger partial charge in [-0.15, -0.1) is 0 Å². The van der Waals surface area contributed by atoms with Crippen molar-refractivity contribution in [2.75, 3.05) is 18.7 Å². The van der Waals surface area contributed by atoms with Gasteiger partial charge in [0.15, 0.2) is 0 Å². The Morgan fingerprint density at radius 1 is 1.35 bits per heavy atom. The van der Waals surface area contributed by atoms with Crippen LogP contribution in [-0.2, 0) is 10.1 Å². The molecular weight excluding hydrogens is 280 g/mol. The minimum atomic E-state index is -3.92. The molecule has 6 nitrogen and oxygen atoms in total. The van der Waals surface area contributed by atoms with Crippen LogP contribution in [0.25, 0.3) is 10.8 Å². The number of aromatic nitrogens is 1. The van der Waals surface area contributed by atoms with E-state index in [9.17, 15) is 0 Å². The summed E-state index contributed by atoms with van der Waals surface area (Å²) in [6, 6.07) is 9.81. The number of fused-ring (bicyclic) bond motifs is 1. The lowest BCUT2D eigenvalue weighted by Gasteiger charge is -1.95. The quantitative estimate of drug-likeness (QED) is 0.290. The summed E-state index contributed by atoms with van der Waals surface area (Å²) in [7, 11) is -3.92. The van der Waals surface area contributed by atoms with Gasteiger partial charge in [-0.2, -0.15) is 0 Å². The third-order valence-corrected chi connectivity index (χ3v) is 2.14. The molecule has 3 N–H and O–H groups in total. The second kappa shape index (κ2) is 6.86. The Morgan fingerprint density at radius 3 is 2.45 bits per heavy atom. The van der Waals surface area contributed by atoms with E-state index in [2.05, 4.69) is 11.8 Å². The standard InChI is InChI=1S/C12H11N2O.CH4O3S/c13-14-9-11-5-2-1-4-10(11)8-12(14)6-3-7-15;1-5(2,3)4/h1-2,4-5,8-9,15H,7,13H2;1H3,(H,2,3,4)/q+1;/p-1. The van der Waals surface area contributed by atoms with E-state index in [1.54, 1.807) is 0 Å². The van der Waals surface area contributed by atoms with Crippen LogP contribution in [0.3, 0.4) is 0 Å².